The number of alkyl halides is 4. The van der Waals surface area contributed by atoms with Gasteiger partial charge in [-0.05, 0) is 5.56 Å². The van der Waals surface area contributed by atoms with Crippen LogP contribution in [0.1, 0.15) is 11.7 Å². The monoisotopic (exact) mass is 245 g/mol. The summed E-state index contributed by atoms with van der Waals surface area (Å²) >= 11 is 0. The van der Waals surface area contributed by atoms with Crippen LogP contribution in [0.15, 0.2) is 24.3 Å². The summed E-state index contributed by atoms with van der Waals surface area (Å²) < 4.78 is 84.6. The van der Waals surface area contributed by atoms with E-state index in [1.165, 1.54) is 0 Å². The van der Waals surface area contributed by atoms with Gasteiger partial charge in [-0.2, -0.15) is 13.2 Å². The van der Waals surface area contributed by atoms with Crippen molar-refractivity contribution < 1.29 is 30.5 Å². The van der Waals surface area contributed by atoms with Gasteiger partial charge in [0.05, 0.1) is 0 Å². The van der Waals surface area contributed by atoms with Crippen LogP contribution in [0.2, 0.25) is 0 Å². The molecular weight excluding hydrogens is 240 g/mol. The second-order valence-electron chi connectivity index (χ2n) is 3.15. The SMILES string of the molecule is FC(c1ccc([B-](F)(F)F)cc1)C(F)(F)F. The molecule has 0 heterocycles. The minimum Gasteiger partial charge on any atom is -0.445 e. The van der Waals surface area contributed by atoms with Gasteiger partial charge in [0.1, 0.15) is 0 Å². The standard InChI is InChI=1S/C8H5BF7/c10-7(8(11,12)13)5-1-3-6(4-2-5)9(14,15)16/h1-4,7H/q-1. The van der Waals surface area contributed by atoms with Gasteiger partial charge in [-0.1, -0.05) is 24.3 Å². The Labute approximate surface area is 86.1 Å². The zero-order valence-electron chi connectivity index (χ0n) is 7.61. The molecule has 0 aliphatic heterocycles. The predicted octanol–water partition coefficient (Wildman–Crippen LogP) is 3.31. The molecule has 0 aromatic heterocycles. The van der Waals surface area contributed by atoms with Crippen LogP contribution < -0.4 is 5.46 Å². The minimum atomic E-state index is -5.28. The smallest absolute Gasteiger partial charge is 0.445 e. The molecule has 1 aromatic rings. The molecule has 16 heavy (non-hydrogen) atoms. The summed E-state index contributed by atoms with van der Waals surface area (Å²) in [7, 11) is 0. The fourth-order valence-electron chi connectivity index (χ4n) is 1.07. The first kappa shape index (κ1) is 12.9. The van der Waals surface area contributed by atoms with E-state index in [1.54, 1.807) is 0 Å². The topological polar surface area (TPSA) is 0 Å². The largest absolute Gasteiger partial charge is 0.509 e. The molecule has 0 amide bonds. The van der Waals surface area contributed by atoms with E-state index in [0.29, 0.717) is 24.3 Å². The quantitative estimate of drug-likeness (QED) is 0.553. The van der Waals surface area contributed by atoms with Crippen LogP contribution in [0.5, 0.6) is 0 Å². The predicted molar refractivity (Wildman–Crippen MR) is 45.1 cm³/mol. The molecule has 0 radical (unpaired) electrons. The zero-order chi connectivity index (χ0) is 12.6. The summed E-state index contributed by atoms with van der Waals surface area (Å²) in [6, 6.07) is 1.85. The van der Waals surface area contributed by atoms with E-state index >= 15 is 0 Å². The van der Waals surface area contributed by atoms with Crippen LogP contribution in [0.4, 0.5) is 30.5 Å². The summed E-state index contributed by atoms with van der Waals surface area (Å²) in [5, 5.41) is 0. The van der Waals surface area contributed by atoms with Crippen molar-refractivity contribution >= 4 is 12.4 Å². The molecule has 0 aliphatic carbocycles. The maximum absolute atomic E-state index is 12.7. The Morgan fingerprint density at radius 3 is 1.69 bits per heavy atom. The second-order valence-corrected chi connectivity index (χ2v) is 3.15. The van der Waals surface area contributed by atoms with Crippen LogP contribution in [-0.4, -0.2) is 13.2 Å². The molecule has 0 N–H and O–H groups in total. The summed E-state index contributed by atoms with van der Waals surface area (Å²) in [5.74, 6) is 0. The van der Waals surface area contributed by atoms with Gasteiger partial charge in [-0.25, -0.2) is 4.39 Å². The van der Waals surface area contributed by atoms with Gasteiger partial charge in [0.25, 0.3) is 0 Å². The highest BCUT2D eigenvalue weighted by molar-refractivity contribution is 6.73. The third kappa shape index (κ3) is 2.90. The molecule has 1 unspecified atom stereocenters. The molecule has 0 saturated carbocycles. The molecule has 1 rings (SSSR count). The highest BCUT2D eigenvalue weighted by atomic mass is 19.4. The van der Waals surface area contributed by atoms with Gasteiger partial charge >= 0.3 is 13.2 Å². The van der Waals surface area contributed by atoms with E-state index in [4.69, 9.17) is 0 Å². The van der Waals surface area contributed by atoms with Crippen molar-refractivity contribution in [2.45, 2.75) is 12.3 Å². The molecule has 0 aliphatic rings. The maximum Gasteiger partial charge on any atom is 0.509 e. The van der Waals surface area contributed by atoms with Crippen LogP contribution in [0.25, 0.3) is 0 Å². The van der Waals surface area contributed by atoms with E-state index in [2.05, 4.69) is 0 Å². The Kier molecular flexibility index (Phi) is 3.21. The second kappa shape index (κ2) is 3.99. The Balaban J connectivity index is 2.96. The first-order valence-corrected chi connectivity index (χ1v) is 4.13. The van der Waals surface area contributed by atoms with Crippen LogP contribution in [0.3, 0.4) is 0 Å². The lowest BCUT2D eigenvalue weighted by Crippen LogP contribution is -2.33. The minimum absolute atomic E-state index is 0.438. The molecule has 8 heteroatoms. The van der Waals surface area contributed by atoms with Crippen LogP contribution >= 0.6 is 0 Å². The third-order valence-electron chi connectivity index (χ3n) is 1.89. The van der Waals surface area contributed by atoms with Crippen molar-refractivity contribution in [2.75, 3.05) is 0 Å². The first-order chi connectivity index (χ1) is 7.12. The van der Waals surface area contributed by atoms with Crippen molar-refractivity contribution in [3.63, 3.8) is 0 Å². The highest BCUT2D eigenvalue weighted by Gasteiger charge is 2.41. The zero-order valence-corrected chi connectivity index (χ0v) is 7.61. The lowest BCUT2D eigenvalue weighted by Gasteiger charge is -2.17. The van der Waals surface area contributed by atoms with Gasteiger partial charge in [-0.15, -0.1) is 5.46 Å². The third-order valence-corrected chi connectivity index (χ3v) is 1.89. The van der Waals surface area contributed by atoms with Crippen LogP contribution in [0, 0.1) is 0 Å². The van der Waals surface area contributed by atoms with Crippen molar-refractivity contribution in [3.05, 3.63) is 29.8 Å². The number of rotatable bonds is 2. The van der Waals surface area contributed by atoms with Crippen LogP contribution in [-0.2, 0) is 0 Å². The van der Waals surface area contributed by atoms with E-state index in [9.17, 15) is 30.5 Å². The fraction of sp³-hybridized carbons (Fsp3) is 0.250. The molecule has 0 saturated heterocycles. The highest BCUT2D eigenvalue weighted by Crippen LogP contribution is 2.35. The lowest BCUT2D eigenvalue weighted by molar-refractivity contribution is -0.182. The maximum atomic E-state index is 12.7. The number of benzene rings is 1. The normalized spacial score (nSPS) is 14.9. The molecule has 1 atom stereocenters. The summed E-state index contributed by atoms with van der Waals surface area (Å²) in [5.41, 5.74) is -1.89. The van der Waals surface area contributed by atoms with Gasteiger partial charge in [0, 0.05) is 0 Å². The Morgan fingerprint density at radius 1 is 0.938 bits per heavy atom. The number of hydrogen-bond donors (Lipinski definition) is 0. The molecule has 0 fully saturated rings. The number of halogens is 7. The van der Waals surface area contributed by atoms with Crippen molar-refractivity contribution in [3.8, 4) is 0 Å². The van der Waals surface area contributed by atoms with Gasteiger partial charge in [-0.3, -0.25) is 0 Å². The van der Waals surface area contributed by atoms with Crippen molar-refractivity contribution in [2.24, 2.45) is 0 Å². The summed E-state index contributed by atoms with van der Waals surface area (Å²) in [4.78, 5) is 0. The molecule has 1 aromatic carbocycles. The van der Waals surface area contributed by atoms with E-state index in [0.717, 1.165) is 0 Å². The van der Waals surface area contributed by atoms with Crippen molar-refractivity contribution in [1.29, 1.82) is 0 Å². The van der Waals surface area contributed by atoms with Gasteiger partial charge < -0.3 is 12.9 Å². The summed E-state index contributed by atoms with van der Waals surface area (Å²) in [6.07, 6.45) is -8.37. The Bertz CT molecular complexity index is 350. The van der Waals surface area contributed by atoms with Crippen molar-refractivity contribution in [1.82, 2.24) is 0 Å². The molecule has 0 nitrogen and oxygen atoms in total. The Hall–Kier alpha value is -1.21. The van der Waals surface area contributed by atoms with E-state index in [-0.39, 0.29) is 0 Å². The van der Waals surface area contributed by atoms with Gasteiger partial charge in [0.2, 0.25) is 6.17 Å². The summed E-state index contributed by atoms with van der Waals surface area (Å²) in [6.45, 7) is -5.28. The molecular formula is C8H5BF7-. The first-order valence-electron chi connectivity index (χ1n) is 4.13. The number of hydrogen-bond acceptors (Lipinski definition) is 0. The fourth-order valence-corrected chi connectivity index (χ4v) is 1.07. The molecule has 0 bridgehead atoms. The average molecular weight is 245 g/mol. The lowest BCUT2D eigenvalue weighted by atomic mass is 9.80. The Morgan fingerprint density at radius 2 is 1.38 bits per heavy atom. The van der Waals surface area contributed by atoms with E-state index in [1.807, 2.05) is 0 Å². The van der Waals surface area contributed by atoms with Gasteiger partial charge in [0.15, 0.2) is 0 Å². The average Bonchev–Trinajstić information content (AvgIpc) is 2.14. The molecule has 90 valence electrons. The molecule has 0 spiro atoms. The van der Waals surface area contributed by atoms with E-state index < -0.39 is 30.4 Å².